The number of anilines is 1. The minimum atomic E-state index is -0.206. The predicted molar refractivity (Wildman–Crippen MR) is 98.8 cm³/mol. The second-order valence-corrected chi connectivity index (χ2v) is 6.21. The minimum absolute atomic E-state index is 0.206. The molecule has 0 saturated heterocycles. The first-order valence-electron chi connectivity index (χ1n) is 6.42. The van der Waals surface area contributed by atoms with E-state index in [2.05, 4.69) is 33.2 Å². The Hall–Kier alpha value is -1.47. The normalized spacial score (nSPS) is 10.0. The molecular formula is C16H15IN2OS. The summed E-state index contributed by atoms with van der Waals surface area (Å²) >= 11 is 7.34. The smallest absolute Gasteiger partial charge is 0.258 e. The summed E-state index contributed by atoms with van der Waals surface area (Å²) in [5, 5.41) is 6.08. The molecule has 1 amide bonds. The minimum Gasteiger partial charge on any atom is -0.332 e. The highest BCUT2D eigenvalue weighted by atomic mass is 127. The van der Waals surface area contributed by atoms with Gasteiger partial charge in [0.05, 0.1) is 5.56 Å². The monoisotopic (exact) mass is 410 g/mol. The molecule has 108 valence electrons. The molecule has 2 rings (SSSR count). The largest absolute Gasteiger partial charge is 0.332 e. The SMILES string of the molecule is Cc1cccc(NC(=S)NC(=O)c2ccccc2I)c1C. The van der Waals surface area contributed by atoms with Gasteiger partial charge in [0.1, 0.15) is 0 Å². The molecule has 0 heterocycles. The van der Waals surface area contributed by atoms with E-state index >= 15 is 0 Å². The van der Waals surface area contributed by atoms with Crippen molar-refractivity contribution in [2.24, 2.45) is 0 Å². The average molecular weight is 410 g/mol. The summed E-state index contributed by atoms with van der Waals surface area (Å²) < 4.78 is 0.891. The third kappa shape index (κ3) is 4.01. The number of hydrogen-bond acceptors (Lipinski definition) is 2. The van der Waals surface area contributed by atoms with Crippen molar-refractivity contribution in [1.82, 2.24) is 5.32 Å². The van der Waals surface area contributed by atoms with Crippen LogP contribution in [-0.4, -0.2) is 11.0 Å². The van der Waals surface area contributed by atoms with Gasteiger partial charge in [-0.15, -0.1) is 0 Å². The van der Waals surface area contributed by atoms with Gasteiger partial charge in [-0.2, -0.15) is 0 Å². The first-order valence-corrected chi connectivity index (χ1v) is 7.91. The van der Waals surface area contributed by atoms with E-state index in [0.717, 1.165) is 14.8 Å². The number of hydrogen-bond donors (Lipinski definition) is 2. The zero-order chi connectivity index (χ0) is 15.4. The Kier molecular flexibility index (Phi) is 5.30. The van der Waals surface area contributed by atoms with E-state index in [-0.39, 0.29) is 5.91 Å². The van der Waals surface area contributed by atoms with Crippen LogP contribution >= 0.6 is 34.8 Å². The second-order valence-electron chi connectivity index (χ2n) is 4.64. The highest BCUT2D eigenvalue weighted by Crippen LogP contribution is 2.18. The number of thiocarbonyl (C=S) groups is 1. The van der Waals surface area contributed by atoms with E-state index in [1.54, 1.807) is 6.07 Å². The molecule has 0 spiro atoms. The van der Waals surface area contributed by atoms with Crippen LogP contribution in [0.15, 0.2) is 42.5 Å². The van der Waals surface area contributed by atoms with Gasteiger partial charge < -0.3 is 5.32 Å². The van der Waals surface area contributed by atoms with Gasteiger partial charge in [-0.3, -0.25) is 10.1 Å². The highest BCUT2D eigenvalue weighted by Gasteiger charge is 2.11. The Morgan fingerprint density at radius 2 is 1.81 bits per heavy atom. The van der Waals surface area contributed by atoms with Gasteiger partial charge in [-0.05, 0) is 78.0 Å². The van der Waals surface area contributed by atoms with Gasteiger partial charge in [-0.25, -0.2) is 0 Å². The van der Waals surface area contributed by atoms with E-state index in [1.807, 2.05) is 50.2 Å². The van der Waals surface area contributed by atoms with Crippen molar-refractivity contribution in [3.8, 4) is 0 Å². The van der Waals surface area contributed by atoms with Gasteiger partial charge >= 0.3 is 0 Å². The van der Waals surface area contributed by atoms with E-state index in [4.69, 9.17) is 12.2 Å². The Bertz CT molecular complexity index is 700. The molecule has 0 aliphatic carbocycles. The topological polar surface area (TPSA) is 41.1 Å². The van der Waals surface area contributed by atoms with Crippen molar-refractivity contribution in [3.05, 3.63) is 62.7 Å². The Morgan fingerprint density at radius 1 is 1.10 bits per heavy atom. The molecule has 2 aromatic carbocycles. The lowest BCUT2D eigenvalue weighted by Gasteiger charge is -2.13. The van der Waals surface area contributed by atoms with Crippen LogP contribution in [0.2, 0.25) is 0 Å². The molecular weight excluding hydrogens is 395 g/mol. The Morgan fingerprint density at radius 3 is 2.52 bits per heavy atom. The summed E-state index contributed by atoms with van der Waals surface area (Å²) in [6, 6.07) is 13.3. The lowest BCUT2D eigenvalue weighted by atomic mass is 10.1. The number of halogens is 1. The summed E-state index contributed by atoms with van der Waals surface area (Å²) in [6.07, 6.45) is 0. The van der Waals surface area contributed by atoms with Gasteiger partial charge in [0.15, 0.2) is 5.11 Å². The molecule has 0 aromatic heterocycles. The number of nitrogens with one attached hydrogen (secondary N) is 2. The number of aryl methyl sites for hydroxylation is 1. The molecule has 2 aromatic rings. The average Bonchev–Trinajstić information content (AvgIpc) is 2.44. The molecule has 0 unspecified atom stereocenters. The lowest BCUT2D eigenvalue weighted by Crippen LogP contribution is -2.34. The van der Waals surface area contributed by atoms with Crippen LogP contribution in [0.4, 0.5) is 5.69 Å². The number of amides is 1. The van der Waals surface area contributed by atoms with E-state index in [1.165, 1.54) is 5.56 Å². The van der Waals surface area contributed by atoms with Crippen molar-refractivity contribution < 1.29 is 4.79 Å². The van der Waals surface area contributed by atoms with Crippen molar-refractivity contribution in [1.29, 1.82) is 0 Å². The predicted octanol–water partition coefficient (Wildman–Crippen LogP) is 4.03. The molecule has 0 fully saturated rings. The van der Waals surface area contributed by atoms with Crippen LogP contribution in [0, 0.1) is 17.4 Å². The molecule has 0 radical (unpaired) electrons. The zero-order valence-corrected chi connectivity index (χ0v) is 14.7. The number of rotatable bonds is 2. The lowest BCUT2D eigenvalue weighted by molar-refractivity contribution is 0.0977. The van der Waals surface area contributed by atoms with Gasteiger partial charge in [0.25, 0.3) is 5.91 Å². The summed E-state index contributed by atoms with van der Waals surface area (Å²) in [5.41, 5.74) is 3.81. The van der Waals surface area contributed by atoms with E-state index in [0.29, 0.717) is 10.7 Å². The fourth-order valence-corrected chi connectivity index (χ4v) is 2.69. The van der Waals surface area contributed by atoms with Gasteiger partial charge in [0, 0.05) is 9.26 Å². The summed E-state index contributed by atoms with van der Waals surface area (Å²) in [5.74, 6) is -0.206. The first kappa shape index (κ1) is 15.9. The zero-order valence-electron chi connectivity index (χ0n) is 11.7. The molecule has 5 heteroatoms. The number of benzene rings is 2. The molecule has 0 bridgehead atoms. The van der Waals surface area contributed by atoms with Crippen LogP contribution in [-0.2, 0) is 0 Å². The van der Waals surface area contributed by atoms with E-state index in [9.17, 15) is 4.79 Å². The molecule has 0 atom stereocenters. The maximum absolute atomic E-state index is 12.2. The second kappa shape index (κ2) is 7.00. The van der Waals surface area contributed by atoms with Gasteiger partial charge in [0.2, 0.25) is 0 Å². The van der Waals surface area contributed by atoms with Crippen molar-refractivity contribution in [2.75, 3.05) is 5.32 Å². The van der Waals surface area contributed by atoms with E-state index < -0.39 is 0 Å². The molecule has 0 aliphatic rings. The molecule has 0 saturated carbocycles. The highest BCUT2D eigenvalue weighted by molar-refractivity contribution is 14.1. The van der Waals surface area contributed by atoms with Crippen LogP contribution in [0.5, 0.6) is 0 Å². The van der Waals surface area contributed by atoms with Crippen molar-refractivity contribution in [3.63, 3.8) is 0 Å². The van der Waals surface area contributed by atoms with Crippen LogP contribution in [0.25, 0.3) is 0 Å². The fourth-order valence-electron chi connectivity index (χ4n) is 1.86. The molecule has 0 aliphatic heterocycles. The van der Waals surface area contributed by atoms with Crippen LogP contribution in [0.1, 0.15) is 21.5 Å². The standard InChI is InChI=1S/C16H15IN2OS/c1-10-6-5-9-14(11(10)2)18-16(21)19-15(20)12-7-3-4-8-13(12)17/h3-9H,1-2H3,(H2,18,19,20,21). The van der Waals surface area contributed by atoms with Crippen molar-refractivity contribution >= 4 is 51.5 Å². The molecule has 3 nitrogen and oxygen atoms in total. The number of carbonyl (C=O) groups excluding carboxylic acids is 1. The van der Waals surface area contributed by atoms with Gasteiger partial charge in [-0.1, -0.05) is 24.3 Å². The summed E-state index contributed by atoms with van der Waals surface area (Å²) in [7, 11) is 0. The molecule has 21 heavy (non-hydrogen) atoms. The maximum Gasteiger partial charge on any atom is 0.258 e. The van der Waals surface area contributed by atoms with Crippen LogP contribution in [0.3, 0.4) is 0 Å². The first-order chi connectivity index (χ1) is 9.99. The fraction of sp³-hybridized carbons (Fsp3) is 0.125. The van der Waals surface area contributed by atoms with Crippen molar-refractivity contribution in [2.45, 2.75) is 13.8 Å². The third-order valence-corrected chi connectivity index (χ3v) is 4.34. The molecule has 2 N–H and O–H groups in total. The quantitative estimate of drug-likeness (QED) is 0.580. The summed E-state index contributed by atoms with van der Waals surface area (Å²) in [6.45, 7) is 4.05. The summed E-state index contributed by atoms with van der Waals surface area (Å²) in [4.78, 5) is 12.2. The Balaban J connectivity index is 2.07. The maximum atomic E-state index is 12.2. The number of carbonyl (C=O) groups is 1. The Labute approximate surface area is 143 Å². The third-order valence-electron chi connectivity index (χ3n) is 3.20. The van der Waals surface area contributed by atoms with Crippen LogP contribution < -0.4 is 10.6 Å².